The number of nitrogens with zero attached hydrogens (tertiary/aromatic N) is 1. The fraction of sp³-hybridized carbons (Fsp3) is 0.130. The molecule has 0 aliphatic carbocycles. The summed E-state index contributed by atoms with van der Waals surface area (Å²) in [7, 11) is 0. The van der Waals surface area contributed by atoms with Crippen LogP contribution in [0.1, 0.15) is 13.3 Å². The van der Waals surface area contributed by atoms with E-state index in [1.54, 1.807) is 11.3 Å². The van der Waals surface area contributed by atoms with Gasteiger partial charge < -0.3 is 10.1 Å². The van der Waals surface area contributed by atoms with E-state index in [0.29, 0.717) is 12.2 Å². The van der Waals surface area contributed by atoms with E-state index in [9.17, 15) is 4.79 Å². The molecule has 0 aliphatic rings. The van der Waals surface area contributed by atoms with Crippen LogP contribution in [-0.4, -0.2) is 17.0 Å². The number of rotatable bonds is 6. The van der Waals surface area contributed by atoms with E-state index in [1.807, 2.05) is 79.7 Å². The summed E-state index contributed by atoms with van der Waals surface area (Å²) >= 11 is 1.66. The van der Waals surface area contributed by atoms with Crippen molar-refractivity contribution in [2.45, 2.75) is 19.4 Å². The van der Waals surface area contributed by atoms with Gasteiger partial charge in [-0.3, -0.25) is 4.79 Å². The average Bonchev–Trinajstić information content (AvgIpc) is 3.17. The molecule has 1 N–H and O–H groups in total. The van der Waals surface area contributed by atoms with Crippen molar-refractivity contribution >= 4 is 33.1 Å². The van der Waals surface area contributed by atoms with E-state index in [1.165, 1.54) is 4.70 Å². The van der Waals surface area contributed by atoms with Crippen LogP contribution in [0.3, 0.4) is 0 Å². The Labute approximate surface area is 167 Å². The normalized spacial score (nSPS) is 11.9. The van der Waals surface area contributed by atoms with Crippen LogP contribution < -0.4 is 10.1 Å². The molecule has 0 aliphatic heterocycles. The minimum Gasteiger partial charge on any atom is -0.481 e. The van der Waals surface area contributed by atoms with Crippen molar-refractivity contribution in [2.75, 3.05) is 5.32 Å². The predicted octanol–water partition coefficient (Wildman–Crippen LogP) is 5.76. The number of carbonyl (C=O) groups excluding carboxylic acids is 1. The number of fused-ring (bicyclic) bond motifs is 1. The zero-order valence-corrected chi connectivity index (χ0v) is 16.3. The molecule has 1 atom stereocenters. The van der Waals surface area contributed by atoms with E-state index in [0.717, 1.165) is 21.8 Å². The van der Waals surface area contributed by atoms with Crippen LogP contribution in [0.15, 0.2) is 78.9 Å². The van der Waals surface area contributed by atoms with Gasteiger partial charge in [-0.15, -0.1) is 11.3 Å². The second kappa shape index (κ2) is 8.23. The molecule has 0 bridgehead atoms. The first-order valence-corrected chi connectivity index (χ1v) is 10.0. The van der Waals surface area contributed by atoms with E-state index >= 15 is 0 Å². The number of thiazole rings is 1. The van der Waals surface area contributed by atoms with E-state index in [2.05, 4.69) is 16.4 Å². The van der Waals surface area contributed by atoms with Crippen LogP contribution in [-0.2, 0) is 4.79 Å². The lowest BCUT2D eigenvalue weighted by atomic mass is 10.2. The summed E-state index contributed by atoms with van der Waals surface area (Å²) in [6.45, 7) is 1.93. The third kappa shape index (κ3) is 4.05. The first-order valence-electron chi connectivity index (χ1n) is 9.21. The van der Waals surface area contributed by atoms with Crippen LogP contribution in [0.25, 0.3) is 20.8 Å². The molecule has 0 unspecified atom stereocenters. The Morgan fingerprint density at radius 2 is 1.71 bits per heavy atom. The lowest BCUT2D eigenvalue weighted by molar-refractivity contribution is -0.122. The van der Waals surface area contributed by atoms with Crippen LogP contribution in [0.4, 0.5) is 5.69 Å². The monoisotopic (exact) mass is 388 g/mol. The van der Waals surface area contributed by atoms with Gasteiger partial charge in [-0.1, -0.05) is 37.3 Å². The van der Waals surface area contributed by atoms with E-state index in [-0.39, 0.29) is 5.91 Å². The Morgan fingerprint density at radius 3 is 2.43 bits per heavy atom. The zero-order valence-electron chi connectivity index (χ0n) is 15.5. The Hall–Kier alpha value is -3.18. The molecular formula is C23H20N2O2S. The maximum absolute atomic E-state index is 12.6. The van der Waals surface area contributed by atoms with Gasteiger partial charge >= 0.3 is 0 Å². The Kier molecular flexibility index (Phi) is 5.35. The van der Waals surface area contributed by atoms with Gasteiger partial charge in [0.2, 0.25) is 0 Å². The molecule has 5 heteroatoms. The van der Waals surface area contributed by atoms with Gasteiger partial charge in [0, 0.05) is 11.3 Å². The van der Waals surface area contributed by atoms with Crippen molar-refractivity contribution in [3.8, 4) is 16.3 Å². The summed E-state index contributed by atoms with van der Waals surface area (Å²) in [5, 5.41) is 3.91. The second-order valence-electron chi connectivity index (χ2n) is 6.38. The fourth-order valence-corrected chi connectivity index (χ4v) is 3.87. The second-order valence-corrected chi connectivity index (χ2v) is 7.41. The third-order valence-corrected chi connectivity index (χ3v) is 5.46. The summed E-state index contributed by atoms with van der Waals surface area (Å²) in [6, 6.07) is 25.2. The minimum atomic E-state index is -0.536. The summed E-state index contributed by atoms with van der Waals surface area (Å²) < 4.78 is 6.97. The molecular weight excluding hydrogens is 368 g/mol. The lowest BCUT2D eigenvalue weighted by Crippen LogP contribution is -2.32. The van der Waals surface area contributed by atoms with Crippen molar-refractivity contribution in [1.82, 2.24) is 4.98 Å². The predicted molar refractivity (Wildman–Crippen MR) is 115 cm³/mol. The molecule has 4 aromatic rings. The lowest BCUT2D eigenvalue weighted by Gasteiger charge is -2.17. The van der Waals surface area contributed by atoms with Crippen LogP contribution in [0.2, 0.25) is 0 Å². The maximum Gasteiger partial charge on any atom is 0.265 e. The summed E-state index contributed by atoms with van der Waals surface area (Å²) in [5.41, 5.74) is 2.78. The molecule has 0 saturated carbocycles. The quantitative estimate of drug-likeness (QED) is 0.457. The van der Waals surface area contributed by atoms with Gasteiger partial charge in [0.15, 0.2) is 6.10 Å². The number of anilines is 1. The SMILES string of the molecule is CC[C@@H](Oc1ccccc1)C(=O)Nc1ccc(-c2nc3ccccc3s2)cc1. The minimum absolute atomic E-state index is 0.154. The molecule has 140 valence electrons. The van der Waals surface area contributed by atoms with Gasteiger partial charge in [-0.2, -0.15) is 0 Å². The number of hydrogen-bond acceptors (Lipinski definition) is 4. The molecule has 0 fully saturated rings. The molecule has 1 aromatic heterocycles. The number of ether oxygens (including phenoxy) is 1. The van der Waals surface area contributed by atoms with Crippen molar-refractivity contribution < 1.29 is 9.53 Å². The highest BCUT2D eigenvalue weighted by atomic mass is 32.1. The van der Waals surface area contributed by atoms with Gasteiger partial charge in [0.05, 0.1) is 10.2 Å². The van der Waals surface area contributed by atoms with Crippen molar-refractivity contribution in [3.63, 3.8) is 0 Å². The number of benzene rings is 3. The molecule has 28 heavy (non-hydrogen) atoms. The van der Waals surface area contributed by atoms with Gasteiger partial charge in [-0.05, 0) is 55.0 Å². The van der Waals surface area contributed by atoms with Gasteiger partial charge in [0.1, 0.15) is 10.8 Å². The molecule has 0 saturated heterocycles. The fourth-order valence-electron chi connectivity index (χ4n) is 2.90. The smallest absolute Gasteiger partial charge is 0.265 e. The van der Waals surface area contributed by atoms with Crippen LogP contribution in [0, 0.1) is 0 Å². The Morgan fingerprint density at radius 1 is 1.00 bits per heavy atom. The summed E-state index contributed by atoms with van der Waals surface area (Å²) in [6.07, 6.45) is 0.0520. The largest absolute Gasteiger partial charge is 0.481 e. The van der Waals surface area contributed by atoms with Crippen molar-refractivity contribution in [3.05, 3.63) is 78.9 Å². The van der Waals surface area contributed by atoms with E-state index < -0.39 is 6.10 Å². The van der Waals surface area contributed by atoms with E-state index in [4.69, 9.17) is 4.74 Å². The number of carbonyl (C=O) groups is 1. The highest BCUT2D eigenvalue weighted by Crippen LogP contribution is 2.30. The Balaban J connectivity index is 1.45. The highest BCUT2D eigenvalue weighted by Gasteiger charge is 2.18. The maximum atomic E-state index is 12.6. The molecule has 4 nitrogen and oxygen atoms in total. The molecule has 1 amide bonds. The number of amides is 1. The molecule has 1 heterocycles. The molecule has 0 spiro atoms. The molecule has 0 radical (unpaired) electrons. The summed E-state index contributed by atoms with van der Waals surface area (Å²) in [4.78, 5) is 17.2. The Bertz CT molecular complexity index is 1040. The van der Waals surface area contributed by atoms with Gasteiger partial charge in [-0.25, -0.2) is 4.98 Å². The zero-order chi connectivity index (χ0) is 19.3. The number of aromatic nitrogens is 1. The number of hydrogen-bond donors (Lipinski definition) is 1. The average molecular weight is 388 g/mol. The van der Waals surface area contributed by atoms with Gasteiger partial charge in [0.25, 0.3) is 5.91 Å². The number of para-hydroxylation sites is 2. The van der Waals surface area contributed by atoms with Crippen molar-refractivity contribution in [1.29, 1.82) is 0 Å². The number of nitrogens with one attached hydrogen (secondary N) is 1. The highest BCUT2D eigenvalue weighted by molar-refractivity contribution is 7.21. The summed E-state index contributed by atoms with van der Waals surface area (Å²) in [5.74, 6) is 0.537. The molecule has 3 aromatic carbocycles. The first-order chi connectivity index (χ1) is 13.7. The first kappa shape index (κ1) is 18.2. The van der Waals surface area contributed by atoms with Crippen LogP contribution >= 0.6 is 11.3 Å². The van der Waals surface area contributed by atoms with Crippen molar-refractivity contribution in [2.24, 2.45) is 0 Å². The topological polar surface area (TPSA) is 51.2 Å². The van der Waals surface area contributed by atoms with Crippen LogP contribution in [0.5, 0.6) is 5.75 Å². The molecule has 4 rings (SSSR count). The third-order valence-electron chi connectivity index (χ3n) is 4.38. The standard InChI is InChI=1S/C23H20N2O2S/c1-2-20(27-18-8-4-3-5-9-18)22(26)24-17-14-12-16(13-15-17)23-25-19-10-6-7-11-21(19)28-23/h3-15,20H,2H2,1H3,(H,24,26)/t20-/m1/s1.